The number of anilines is 10. The zero-order valence-electron chi connectivity index (χ0n) is 82.7. The van der Waals surface area contributed by atoms with Gasteiger partial charge in [-0.3, -0.25) is 0 Å². The molecular weight excluding hydrogens is 1700 g/mol. The van der Waals surface area contributed by atoms with Gasteiger partial charge in [0.1, 0.15) is 69.7 Å². The second kappa shape index (κ2) is 42.2. The number of methoxy groups -OCH3 is 2. The lowest BCUT2D eigenvalue weighted by Crippen LogP contribution is -2.39. The summed E-state index contributed by atoms with van der Waals surface area (Å²) in [7, 11) is 15.8. The normalized spacial score (nSPS) is 17.3. The van der Waals surface area contributed by atoms with Crippen LogP contribution in [-0.4, -0.2) is 211 Å². The quantitative estimate of drug-likeness (QED) is 0.0469. The van der Waals surface area contributed by atoms with E-state index in [9.17, 15) is 19.0 Å². The second-order valence-corrected chi connectivity index (χ2v) is 40.2. The molecule has 0 amide bonds. The van der Waals surface area contributed by atoms with Crippen LogP contribution in [0.3, 0.4) is 0 Å². The van der Waals surface area contributed by atoms with Crippen molar-refractivity contribution >= 4 is 101 Å². The number of halogens is 2. The van der Waals surface area contributed by atoms with E-state index < -0.39 is 0 Å². The van der Waals surface area contributed by atoms with Crippen molar-refractivity contribution in [3.63, 3.8) is 0 Å². The lowest BCUT2D eigenvalue weighted by Gasteiger charge is -2.39. The molecule has 5 aliphatic heterocycles. The number of aliphatic hydroxyl groups is 2. The minimum atomic E-state index is -0.311. The number of rotatable bonds is 28. The molecule has 21 rings (SSSR count). The number of aliphatic hydroxyl groups excluding tert-OH is 2. The first-order chi connectivity index (χ1) is 66.1. The highest BCUT2D eigenvalue weighted by molar-refractivity contribution is 5.97. The fraction of sp³-hybridized carbons (Fsp3) is 0.500. The molecule has 4 aromatic heterocycles. The minimum Gasteiger partial charge on any atom is -0.496 e. The van der Waals surface area contributed by atoms with E-state index in [-0.39, 0.29) is 30.8 Å². The van der Waals surface area contributed by atoms with Crippen molar-refractivity contribution < 1.29 is 28.5 Å². The Labute approximate surface area is 803 Å². The maximum Gasteiger partial charge on any atom is 0.148 e. The maximum atomic E-state index is 15.0. The first-order valence-electron chi connectivity index (χ1n) is 50.8. The molecule has 718 valence electrons. The van der Waals surface area contributed by atoms with E-state index in [4.69, 9.17) is 49.3 Å². The molecule has 0 spiro atoms. The molecule has 12 aromatic rings. The highest BCUT2D eigenvalue weighted by atomic mass is 19.1. The van der Waals surface area contributed by atoms with Crippen LogP contribution in [-0.2, 0) is 0 Å². The molecule has 9 fully saturated rings. The summed E-state index contributed by atoms with van der Waals surface area (Å²) in [5, 5.41) is 23.2. The predicted octanol–water partition coefficient (Wildman–Crippen LogP) is 21.6. The number of aryl methyl sites for hydroxylation is 3. The van der Waals surface area contributed by atoms with Crippen molar-refractivity contribution in [3.05, 3.63) is 213 Å². The van der Waals surface area contributed by atoms with Crippen LogP contribution in [0.2, 0.25) is 0 Å². The molecule has 9 heterocycles. The van der Waals surface area contributed by atoms with Crippen LogP contribution in [0.4, 0.5) is 66.2 Å². The molecule has 0 radical (unpaired) electrons. The summed E-state index contributed by atoms with van der Waals surface area (Å²) < 4.78 is 40.1. The van der Waals surface area contributed by atoms with E-state index in [2.05, 4.69) is 216 Å². The number of piperidine rings is 4. The van der Waals surface area contributed by atoms with Crippen LogP contribution < -0.4 is 58.5 Å². The third kappa shape index (κ3) is 21.1. The number of ether oxygens (including phenoxy) is 2. The molecule has 0 bridgehead atoms. The largest absolute Gasteiger partial charge is 0.496 e. The Bertz CT molecular complexity index is 6190. The van der Waals surface area contributed by atoms with Gasteiger partial charge in [-0.05, 0) is 279 Å². The zero-order valence-corrected chi connectivity index (χ0v) is 82.7. The summed E-state index contributed by atoms with van der Waals surface area (Å²) in [6.45, 7) is 24.1. The molecule has 5 saturated heterocycles. The summed E-state index contributed by atoms with van der Waals surface area (Å²) >= 11 is 0. The number of benzene rings is 8. The molecule has 136 heavy (non-hydrogen) atoms. The Morgan fingerprint density at radius 1 is 0.324 bits per heavy atom. The Kier molecular flexibility index (Phi) is 29.4. The molecule has 4 saturated carbocycles. The maximum absolute atomic E-state index is 15.0. The minimum absolute atomic E-state index is 0.0279. The summed E-state index contributed by atoms with van der Waals surface area (Å²) in [5.74, 6) is 13.3. The van der Waals surface area contributed by atoms with Gasteiger partial charge in [0.05, 0.1) is 55.2 Å². The third-order valence-corrected chi connectivity index (χ3v) is 30.0. The summed E-state index contributed by atoms with van der Waals surface area (Å²) in [6.07, 6.45) is 21.5. The number of hydrogen-bond donors (Lipinski definition) is 2. The Hall–Kier alpha value is -11.5. The molecule has 2 N–H and O–H groups in total. The molecule has 8 aromatic carbocycles. The van der Waals surface area contributed by atoms with Crippen LogP contribution >= 0.6 is 0 Å². The van der Waals surface area contributed by atoms with Crippen LogP contribution in [0.15, 0.2) is 140 Å². The van der Waals surface area contributed by atoms with Gasteiger partial charge in [0.15, 0.2) is 0 Å². The highest BCUT2D eigenvalue weighted by Crippen LogP contribution is 2.49. The van der Waals surface area contributed by atoms with Crippen molar-refractivity contribution in [1.82, 2.24) is 39.9 Å². The van der Waals surface area contributed by atoms with E-state index in [1.54, 1.807) is 38.3 Å². The van der Waals surface area contributed by atoms with Gasteiger partial charge >= 0.3 is 0 Å². The Morgan fingerprint density at radius 3 is 1.03 bits per heavy atom. The number of hydrogen-bond acceptors (Lipinski definition) is 22. The second-order valence-electron chi connectivity index (χ2n) is 40.2. The van der Waals surface area contributed by atoms with Gasteiger partial charge in [0, 0.05) is 219 Å². The molecule has 0 unspecified atom stereocenters. The molecule has 24 heteroatoms. The molecule has 4 aliphatic carbocycles. The summed E-state index contributed by atoms with van der Waals surface area (Å²) in [5.41, 5.74) is 19.8. The van der Waals surface area contributed by atoms with Gasteiger partial charge in [-0.1, -0.05) is 68.4 Å². The van der Waals surface area contributed by atoms with Gasteiger partial charge in [-0.25, -0.2) is 48.7 Å². The summed E-state index contributed by atoms with van der Waals surface area (Å²) in [6, 6.07) is 48.1. The monoisotopic (exact) mass is 1840 g/mol. The van der Waals surface area contributed by atoms with Crippen LogP contribution in [0.5, 0.6) is 11.5 Å². The average molecular weight is 1840 g/mol. The van der Waals surface area contributed by atoms with Crippen LogP contribution in [0.25, 0.3) is 43.6 Å². The number of aromatic nitrogens is 8. The first kappa shape index (κ1) is 94.8. The Balaban J connectivity index is 0.000000121. The molecular formula is C112H142F2N18O4. The topological polar surface area (TPSA) is 194 Å². The van der Waals surface area contributed by atoms with Gasteiger partial charge in [0.25, 0.3) is 0 Å². The van der Waals surface area contributed by atoms with Crippen molar-refractivity contribution in [2.45, 2.75) is 204 Å². The van der Waals surface area contributed by atoms with Crippen LogP contribution in [0.1, 0.15) is 245 Å². The molecule has 22 nitrogen and oxygen atoms in total. The SMILES string of the molecule is CCCN(C)c1cc2c(N3CCC(c4cc(F)ccc4OC)CC3)nc(C3CC3)nc2cc1C.CCCN(C)c1cc2c(N3CCC(c4ccccc4OC)CC3)nc(C3CC3)nc2cc1C.CN(C)c1ccccc1C1CCN(c2nc(C3CC3)nc3cc(F)c(N(C)CCO)cc23)CC1.Cc1cc2nc(C3CC3)nc(N3CCC(c4ccccc4N4CCC4)CC3)c2cc1N(C)CCO. The third-order valence-electron chi connectivity index (χ3n) is 30.0. The average Bonchev–Trinajstić information content (AvgIpc) is 1.12. The van der Waals surface area contributed by atoms with Crippen molar-refractivity contribution in [1.29, 1.82) is 0 Å². The predicted molar refractivity (Wildman–Crippen MR) is 555 cm³/mol. The first-order valence-corrected chi connectivity index (χ1v) is 50.8. The van der Waals surface area contributed by atoms with Gasteiger partial charge in [-0.2, -0.15) is 0 Å². The standard InChI is InChI=1S/C29H37N5O.C28H35FN4O.C28H36N4O.C27H34FN5O/c1-20-18-25-24(19-27(20)32(2)16-17-35)29(31-28(30-25)22-8-9-22)34-14-10-21(11-15-34)23-6-3-4-7-26(23)33-12-5-13-33;1-5-12-32(3)25-17-23-24(15-18(25)2)30-27(20-6-7-20)31-28(23)33-13-10-19(11-14-33)22-16-21(29)8-9-26(22)34-4;1-5-14-31(3)25-18-23-24(17-19(25)2)29-27(21-10-11-21)30-28(23)32-15-12-20(13-16-32)22-8-6-7-9-26(22)33-4;1-31(2)24-7-5-4-6-20(24)18-10-12-33(13-11-18)27-21-16-25(32(3)14-15-34)22(28)17-23(21)29-26(30-27)19-8-9-19/h3-4,6-7,18-19,21-22,35H,5,8-17H2,1-2H3;8-9,15-17,19-20H,5-7,10-14H2,1-4H3;6-9,17-18,20-21H,5,10-16H2,1-4H3;4-7,16-19,34H,8-15H2,1-3H3. The van der Waals surface area contributed by atoms with Crippen LogP contribution in [0, 0.1) is 32.4 Å². The van der Waals surface area contributed by atoms with Gasteiger partial charge in [-0.15, -0.1) is 0 Å². The number of fused-ring (bicyclic) bond motifs is 4. The van der Waals surface area contributed by atoms with Gasteiger partial charge < -0.3 is 68.7 Å². The van der Waals surface area contributed by atoms with E-state index in [1.165, 1.54) is 132 Å². The summed E-state index contributed by atoms with van der Waals surface area (Å²) in [4.78, 5) is 63.3. The number of para-hydroxylation sites is 3. The van der Waals surface area contributed by atoms with Gasteiger partial charge in [0.2, 0.25) is 0 Å². The van der Waals surface area contributed by atoms with Crippen molar-refractivity contribution in [2.75, 3.05) is 210 Å². The molecule has 0 atom stereocenters. The lowest BCUT2D eigenvalue weighted by molar-refractivity contribution is 0.303. The fourth-order valence-electron chi connectivity index (χ4n) is 21.5. The van der Waals surface area contributed by atoms with E-state index >= 15 is 0 Å². The lowest BCUT2D eigenvalue weighted by atomic mass is 9.87. The smallest absolute Gasteiger partial charge is 0.148 e. The van der Waals surface area contributed by atoms with Crippen molar-refractivity contribution in [3.8, 4) is 11.5 Å². The van der Waals surface area contributed by atoms with Crippen molar-refractivity contribution in [2.24, 2.45) is 0 Å². The Morgan fingerprint density at radius 2 is 0.654 bits per heavy atom. The van der Waals surface area contributed by atoms with E-state index in [1.807, 2.05) is 13.1 Å². The number of nitrogens with zero attached hydrogens (tertiary/aromatic N) is 18. The van der Waals surface area contributed by atoms with E-state index in [0.29, 0.717) is 65.7 Å². The molecule has 9 aliphatic rings. The fourth-order valence-corrected chi connectivity index (χ4v) is 21.5. The number of likely N-dealkylation sites (N-methyl/N-ethyl adjacent to an activating group) is 2. The highest BCUT2D eigenvalue weighted by Gasteiger charge is 2.38. The zero-order chi connectivity index (χ0) is 94.5. The van der Waals surface area contributed by atoms with E-state index in [0.717, 1.165) is 245 Å².